The lowest BCUT2D eigenvalue weighted by molar-refractivity contribution is 0.665. The molecule has 0 aliphatic rings. The minimum atomic E-state index is 0.872. The van der Waals surface area contributed by atoms with Crippen LogP contribution in [-0.4, -0.2) is 9.78 Å². The largest absolute Gasteiger partial charge is 0.264 e. The Morgan fingerprint density at radius 2 is 2.07 bits per heavy atom. The fourth-order valence-electron chi connectivity index (χ4n) is 1.52. The summed E-state index contributed by atoms with van der Waals surface area (Å²) in [4.78, 5) is 1.33. The third kappa shape index (κ3) is 2.16. The highest BCUT2D eigenvalue weighted by Gasteiger charge is 2.08. The van der Waals surface area contributed by atoms with Gasteiger partial charge in [0.05, 0.1) is 16.0 Å². The van der Waals surface area contributed by atoms with Gasteiger partial charge in [-0.15, -0.1) is 11.3 Å². The monoisotopic (exact) mass is 284 g/mol. The maximum Gasteiger partial charge on any atom is 0.0755 e. The molecule has 0 aromatic carbocycles. The van der Waals surface area contributed by atoms with Gasteiger partial charge in [0.15, 0.2) is 0 Å². The third-order valence-electron chi connectivity index (χ3n) is 2.68. The number of aromatic nitrogens is 2. The molecule has 15 heavy (non-hydrogen) atoms. The van der Waals surface area contributed by atoms with E-state index in [9.17, 15) is 0 Å². The maximum absolute atomic E-state index is 4.52. The van der Waals surface area contributed by atoms with E-state index in [-0.39, 0.29) is 0 Å². The highest BCUT2D eigenvalue weighted by atomic mass is 79.9. The molecule has 0 radical (unpaired) electrons. The molecular formula is C11H13BrN2S. The molecule has 0 unspecified atom stereocenters. The minimum Gasteiger partial charge on any atom is -0.264 e. The molecule has 80 valence electrons. The lowest BCUT2D eigenvalue weighted by Gasteiger charge is -2.01. The second-order valence-corrected chi connectivity index (χ2v) is 6.21. The van der Waals surface area contributed by atoms with Crippen LogP contribution in [0, 0.1) is 20.8 Å². The zero-order valence-corrected chi connectivity index (χ0v) is 11.4. The van der Waals surface area contributed by atoms with Crippen molar-refractivity contribution in [3.8, 4) is 0 Å². The standard InChI is InChI=1S/C11H13BrN2S/c1-7-8(2)13-14(9(7)3)6-10-4-5-11(12)15-10/h4-5H,6H2,1-3H3. The number of hydrogen-bond donors (Lipinski definition) is 0. The highest BCUT2D eigenvalue weighted by Crippen LogP contribution is 2.23. The van der Waals surface area contributed by atoms with Crippen LogP contribution in [0.1, 0.15) is 21.8 Å². The van der Waals surface area contributed by atoms with Crippen LogP contribution >= 0.6 is 27.3 Å². The molecule has 0 N–H and O–H groups in total. The number of aryl methyl sites for hydroxylation is 1. The summed E-state index contributed by atoms with van der Waals surface area (Å²) in [6.07, 6.45) is 0. The summed E-state index contributed by atoms with van der Waals surface area (Å²) >= 11 is 5.23. The van der Waals surface area contributed by atoms with Crippen LogP contribution in [0.2, 0.25) is 0 Å². The van der Waals surface area contributed by atoms with E-state index in [1.807, 2.05) is 0 Å². The second-order valence-electron chi connectivity index (χ2n) is 3.66. The van der Waals surface area contributed by atoms with Crippen LogP contribution in [0.25, 0.3) is 0 Å². The van der Waals surface area contributed by atoms with Crippen LogP contribution in [0.5, 0.6) is 0 Å². The average molecular weight is 285 g/mol. The molecule has 0 amide bonds. The van der Waals surface area contributed by atoms with Crippen molar-refractivity contribution >= 4 is 27.3 Å². The van der Waals surface area contributed by atoms with E-state index in [4.69, 9.17) is 0 Å². The van der Waals surface area contributed by atoms with Gasteiger partial charge >= 0.3 is 0 Å². The number of thiophene rings is 1. The zero-order chi connectivity index (χ0) is 11.0. The third-order valence-corrected chi connectivity index (χ3v) is 4.29. The van der Waals surface area contributed by atoms with Crippen molar-refractivity contribution in [2.45, 2.75) is 27.3 Å². The van der Waals surface area contributed by atoms with Crippen LogP contribution in [0.3, 0.4) is 0 Å². The van der Waals surface area contributed by atoms with Gasteiger partial charge in [0, 0.05) is 10.6 Å². The molecular weight excluding hydrogens is 272 g/mol. The number of hydrogen-bond acceptors (Lipinski definition) is 2. The van der Waals surface area contributed by atoms with E-state index in [0.29, 0.717) is 0 Å². The van der Waals surface area contributed by atoms with Gasteiger partial charge in [0.2, 0.25) is 0 Å². The molecule has 0 atom stereocenters. The molecule has 0 aliphatic heterocycles. The van der Waals surface area contributed by atoms with Crippen molar-refractivity contribution in [2.24, 2.45) is 0 Å². The first-order chi connectivity index (χ1) is 7.08. The van der Waals surface area contributed by atoms with Gasteiger partial charge in [0.1, 0.15) is 0 Å². The lowest BCUT2D eigenvalue weighted by atomic mass is 10.2. The molecule has 0 saturated heterocycles. The second kappa shape index (κ2) is 4.10. The van der Waals surface area contributed by atoms with E-state index < -0.39 is 0 Å². The Bertz CT molecular complexity index is 485. The Balaban J connectivity index is 2.28. The van der Waals surface area contributed by atoms with Crippen molar-refractivity contribution in [1.82, 2.24) is 9.78 Å². The molecule has 0 aliphatic carbocycles. The molecule has 2 aromatic heterocycles. The predicted molar refractivity (Wildman–Crippen MR) is 67.6 cm³/mol. The summed E-state index contributed by atoms with van der Waals surface area (Å²) in [6, 6.07) is 4.22. The van der Waals surface area contributed by atoms with Crippen LogP contribution < -0.4 is 0 Å². The predicted octanol–water partition coefficient (Wildman–Crippen LogP) is 3.68. The lowest BCUT2D eigenvalue weighted by Crippen LogP contribution is -2.02. The smallest absolute Gasteiger partial charge is 0.0755 e. The molecule has 0 bridgehead atoms. The Morgan fingerprint density at radius 1 is 1.33 bits per heavy atom. The number of halogens is 1. The first-order valence-corrected chi connectivity index (χ1v) is 6.43. The van der Waals surface area contributed by atoms with Crippen LogP contribution in [-0.2, 0) is 6.54 Å². The van der Waals surface area contributed by atoms with Gasteiger partial charge in [-0.3, -0.25) is 4.68 Å². The normalized spacial score (nSPS) is 10.9. The Hall–Kier alpha value is -0.610. The molecule has 0 fully saturated rings. The average Bonchev–Trinajstić information content (AvgIpc) is 2.68. The van der Waals surface area contributed by atoms with Gasteiger partial charge in [-0.1, -0.05) is 0 Å². The highest BCUT2D eigenvalue weighted by molar-refractivity contribution is 9.11. The molecule has 2 rings (SSSR count). The SMILES string of the molecule is Cc1nn(Cc2ccc(Br)s2)c(C)c1C. The quantitative estimate of drug-likeness (QED) is 0.823. The summed E-state index contributed by atoms with van der Waals surface area (Å²) in [5.41, 5.74) is 3.69. The van der Waals surface area contributed by atoms with E-state index in [1.54, 1.807) is 11.3 Å². The van der Waals surface area contributed by atoms with Gasteiger partial charge < -0.3 is 0 Å². The van der Waals surface area contributed by atoms with Crippen molar-refractivity contribution < 1.29 is 0 Å². The number of nitrogens with zero attached hydrogens (tertiary/aromatic N) is 2. The first-order valence-electron chi connectivity index (χ1n) is 4.82. The van der Waals surface area contributed by atoms with E-state index in [0.717, 1.165) is 12.2 Å². The summed E-state index contributed by atoms with van der Waals surface area (Å²) in [5, 5.41) is 4.52. The van der Waals surface area contributed by atoms with Gasteiger partial charge in [-0.05, 0) is 54.4 Å². The van der Waals surface area contributed by atoms with Gasteiger partial charge in [-0.25, -0.2) is 0 Å². The van der Waals surface area contributed by atoms with Crippen molar-refractivity contribution in [2.75, 3.05) is 0 Å². The Labute approximate surface area is 102 Å². The van der Waals surface area contributed by atoms with Crippen molar-refractivity contribution in [1.29, 1.82) is 0 Å². The number of rotatable bonds is 2. The topological polar surface area (TPSA) is 17.8 Å². The van der Waals surface area contributed by atoms with E-state index >= 15 is 0 Å². The Kier molecular flexibility index (Phi) is 2.98. The molecule has 0 spiro atoms. The first kappa shape index (κ1) is 10.9. The summed E-state index contributed by atoms with van der Waals surface area (Å²) in [6.45, 7) is 7.18. The van der Waals surface area contributed by atoms with Crippen LogP contribution in [0.15, 0.2) is 15.9 Å². The Morgan fingerprint density at radius 3 is 2.53 bits per heavy atom. The molecule has 0 saturated carbocycles. The molecule has 2 nitrogen and oxygen atoms in total. The molecule has 2 heterocycles. The summed E-state index contributed by atoms with van der Waals surface area (Å²) in [5.74, 6) is 0. The van der Waals surface area contributed by atoms with E-state index in [2.05, 4.69) is 58.6 Å². The van der Waals surface area contributed by atoms with Gasteiger partial charge in [0.25, 0.3) is 0 Å². The fraction of sp³-hybridized carbons (Fsp3) is 0.364. The molecule has 4 heteroatoms. The minimum absolute atomic E-state index is 0.872. The summed E-state index contributed by atoms with van der Waals surface area (Å²) in [7, 11) is 0. The van der Waals surface area contributed by atoms with Crippen molar-refractivity contribution in [3.63, 3.8) is 0 Å². The van der Waals surface area contributed by atoms with E-state index in [1.165, 1.54) is 19.9 Å². The van der Waals surface area contributed by atoms with Gasteiger partial charge in [-0.2, -0.15) is 5.10 Å². The van der Waals surface area contributed by atoms with Crippen LogP contribution in [0.4, 0.5) is 0 Å². The molecule has 2 aromatic rings. The maximum atomic E-state index is 4.52. The summed E-state index contributed by atoms with van der Waals surface area (Å²) < 4.78 is 3.25. The zero-order valence-electron chi connectivity index (χ0n) is 9.04. The van der Waals surface area contributed by atoms with Crippen molar-refractivity contribution in [3.05, 3.63) is 37.7 Å². The fourth-order valence-corrected chi connectivity index (χ4v) is 2.99.